The van der Waals surface area contributed by atoms with Gasteiger partial charge < -0.3 is 15.4 Å². The zero-order valence-electron chi connectivity index (χ0n) is 24.6. The number of ether oxygens (including phenoxy) is 1. The molecule has 0 amide bonds. The fraction of sp³-hybridized carbons (Fsp3) is 0.655. The second kappa shape index (κ2) is 10.8. The molecule has 210 valence electrons. The Morgan fingerprint density at radius 1 is 1.21 bits per heavy atom. The smallest absolute Gasteiger partial charge is 0.313 e. The molecule has 1 aliphatic rings. The predicted octanol–water partition coefficient (Wildman–Crippen LogP) is 5.71. The standard InChI is InChI=1S/C29H44FN5O3/c1-17(2)25(36)20-14-22(33-23-13-19(4)35(34-23)27(5,6)7)32-21(24(20)30)16-29(11-12-31-18(3)15-29)26(37)38-28(8,9)10/h13-14,17-18,31H,11-12,15-16H2,1-10H3,(H,32,33,34)/t18-,29-/m1/s1. The third-order valence-corrected chi connectivity index (χ3v) is 6.73. The van der Waals surface area contributed by atoms with Gasteiger partial charge in [-0.3, -0.25) is 14.3 Å². The molecule has 1 saturated heterocycles. The first-order valence-electron chi connectivity index (χ1n) is 13.5. The molecule has 0 radical (unpaired) electrons. The molecule has 3 rings (SSSR count). The topological polar surface area (TPSA) is 98.1 Å². The van der Waals surface area contributed by atoms with Gasteiger partial charge in [0.2, 0.25) is 0 Å². The number of hydrogen-bond acceptors (Lipinski definition) is 7. The Morgan fingerprint density at radius 2 is 1.87 bits per heavy atom. The van der Waals surface area contributed by atoms with Gasteiger partial charge in [-0.2, -0.15) is 5.10 Å². The number of esters is 1. The van der Waals surface area contributed by atoms with Crippen LogP contribution in [0.25, 0.3) is 0 Å². The summed E-state index contributed by atoms with van der Waals surface area (Å²) in [5.74, 6) is -0.925. The van der Waals surface area contributed by atoms with Crippen molar-refractivity contribution in [2.24, 2.45) is 11.3 Å². The summed E-state index contributed by atoms with van der Waals surface area (Å²) in [7, 11) is 0. The lowest BCUT2D eigenvalue weighted by atomic mass is 9.72. The number of ketones is 1. The summed E-state index contributed by atoms with van der Waals surface area (Å²) >= 11 is 0. The average Bonchev–Trinajstić information content (AvgIpc) is 3.14. The maximum atomic E-state index is 16.0. The molecule has 0 aromatic carbocycles. The van der Waals surface area contributed by atoms with Crippen LogP contribution in [0, 0.1) is 24.1 Å². The van der Waals surface area contributed by atoms with Crippen molar-refractivity contribution in [1.82, 2.24) is 20.1 Å². The number of anilines is 2. The van der Waals surface area contributed by atoms with Crippen LogP contribution in [0.3, 0.4) is 0 Å². The fourth-order valence-corrected chi connectivity index (χ4v) is 5.04. The van der Waals surface area contributed by atoms with Gasteiger partial charge in [0, 0.05) is 30.1 Å². The van der Waals surface area contributed by atoms with Gasteiger partial charge in [0.05, 0.1) is 22.2 Å². The van der Waals surface area contributed by atoms with Crippen LogP contribution in [-0.4, -0.2) is 44.7 Å². The van der Waals surface area contributed by atoms with E-state index in [1.165, 1.54) is 6.07 Å². The molecule has 1 aliphatic heterocycles. The van der Waals surface area contributed by atoms with Crippen LogP contribution >= 0.6 is 0 Å². The van der Waals surface area contributed by atoms with E-state index in [4.69, 9.17) is 4.74 Å². The van der Waals surface area contributed by atoms with Gasteiger partial charge in [-0.25, -0.2) is 9.37 Å². The Bertz CT molecular complexity index is 1190. The molecule has 38 heavy (non-hydrogen) atoms. The van der Waals surface area contributed by atoms with Crippen LogP contribution in [0.2, 0.25) is 0 Å². The second-order valence-corrected chi connectivity index (χ2v) is 13.0. The summed E-state index contributed by atoms with van der Waals surface area (Å²) in [6.07, 6.45) is 0.986. The fourth-order valence-electron chi connectivity index (χ4n) is 5.04. The molecule has 3 heterocycles. The molecule has 0 aliphatic carbocycles. The summed E-state index contributed by atoms with van der Waals surface area (Å²) in [6.45, 7) is 19.7. The lowest BCUT2D eigenvalue weighted by Gasteiger charge is -2.40. The Morgan fingerprint density at radius 3 is 2.39 bits per heavy atom. The van der Waals surface area contributed by atoms with Crippen molar-refractivity contribution < 1.29 is 18.7 Å². The number of piperidine rings is 1. The van der Waals surface area contributed by atoms with Crippen LogP contribution in [0.4, 0.5) is 16.0 Å². The minimum absolute atomic E-state index is 0.0309. The molecule has 0 unspecified atom stereocenters. The largest absolute Gasteiger partial charge is 0.460 e. The highest BCUT2D eigenvalue weighted by Crippen LogP contribution is 2.39. The highest BCUT2D eigenvalue weighted by atomic mass is 19.1. The highest BCUT2D eigenvalue weighted by molar-refractivity contribution is 5.98. The van der Waals surface area contributed by atoms with Crippen molar-refractivity contribution in [1.29, 1.82) is 0 Å². The molecule has 2 atom stereocenters. The molecule has 9 heteroatoms. The first-order valence-corrected chi connectivity index (χ1v) is 13.5. The Balaban J connectivity index is 2.09. The van der Waals surface area contributed by atoms with E-state index in [-0.39, 0.29) is 41.0 Å². The highest BCUT2D eigenvalue weighted by Gasteiger charge is 2.45. The van der Waals surface area contributed by atoms with Crippen LogP contribution in [0.15, 0.2) is 12.1 Å². The van der Waals surface area contributed by atoms with Gasteiger partial charge in [0.1, 0.15) is 11.4 Å². The Hall–Kier alpha value is -2.81. The predicted molar refractivity (Wildman–Crippen MR) is 147 cm³/mol. The normalized spacial score (nSPS) is 20.5. The number of nitrogens with one attached hydrogen (secondary N) is 2. The van der Waals surface area contributed by atoms with E-state index in [9.17, 15) is 9.59 Å². The van der Waals surface area contributed by atoms with E-state index in [1.54, 1.807) is 13.8 Å². The summed E-state index contributed by atoms with van der Waals surface area (Å²) in [4.78, 5) is 31.2. The van der Waals surface area contributed by atoms with Crippen LogP contribution in [0.1, 0.15) is 96.9 Å². The SMILES string of the molecule is Cc1cc(Nc2cc(C(=O)C(C)C)c(F)c(C[C@@]3(C(=O)OC(C)(C)C)CCN[C@H](C)C3)n2)nn1C(C)(C)C. The van der Waals surface area contributed by atoms with E-state index < -0.39 is 22.8 Å². The van der Waals surface area contributed by atoms with E-state index in [2.05, 4.69) is 41.5 Å². The van der Waals surface area contributed by atoms with Gasteiger partial charge in [-0.1, -0.05) is 13.8 Å². The maximum Gasteiger partial charge on any atom is 0.313 e. The lowest BCUT2D eigenvalue weighted by molar-refractivity contribution is -0.170. The maximum absolute atomic E-state index is 16.0. The minimum Gasteiger partial charge on any atom is -0.460 e. The summed E-state index contributed by atoms with van der Waals surface area (Å²) in [5.41, 5.74) is -0.890. The Labute approximate surface area is 226 Å². The monoisotopic (exact) mass is 529 g/mol. The van der Waals surface area contributed by atoms with Gasteiger partial charge in [-0.15, -0.1) is 0 Å². The van der Waals surface area contributed by atoms with E-state index in [0.717, 1.165) is 5.69 Å². The van der Waals surface area contributed by atoms with Crippen LogP contribution in [0.5, 0.6) is 0 Å². The van der Waals surface area contributed by atoms with Gasteiger partial charge in [0.15, 0.2) is 17.4 Å². The third kappa shape index (κ3) is 6.79. The van der Waals surface area contributed by atoms with Crippen molar-refractivity contribution >= 4 is 23.4 Å². The van der Waals surface area contributed by atoms with Crippen molar-refractivity contribution in [3.63, 3.8) is 0 Å². The lowest BCUT2D eigenvalue weighted by Crippen LogP contribution is -2.50. The van der Waals surface area contributed by atoms with Gasteiger partial charge in [0.25, 0.3) is 0 Å². The zero-order chi connectivity index (χ0) is 28.6. The molecule has 0 saturated carbocycles. The molecule has 0 bridgehead atoms. The third-order valence-electron chi connectivity index (χ3n) is 6.73. The number of nitrogens with zero attached hydrogens (tertiary/aromatic N) is 3. The number of carbonyl (C=O) groups is 2. The zero-order valence-corrected chi connectivity index (χ0v) is 24.6. The molecular formula is C29H44FN5O3. The molecule has 0 spiro atoms. The number of halogens is 1. The number of aromatic nitrogens is 3. The minimum atomic E-state index is -0.965. The number of pyridine rings is 1. The number of rotatable bonds is 7. The second-order valence-electron chi connectivity index (χ2n) is 13.0. The van der Waals surface area contributed by atoms with Gasteiger partial charge in [-0.05, 0) is 80.8 Å². The van der Waals surface area contributed by atoms with Crippen LogP contribution in [-0.2, 0) is 21.5 Å². The molecule has 2 N–H and O–H groups in total. The van der Waals surface area contributed by atoms with Crippen molar-refractivity contribution in [2.75, 3.05) is 11.9 Å². The van der Waals surface area contributed by atoms with E-state index in [0.29, 0.717) is 31.0 Å². The van der Waals surface area contributed by atoms with Crippen LogP contribution < -0.4 is 10.6 Å². The molecule has 2 aromatic heterocycles. The number of hydrogen-bond donors (Lipinski definition) is 2. The van der Waals surface area contributed by atoms with Crippen molar-refractivity contribution in [3.05, 3.63) is 34.9 Å². The van der Waals surface area contributed by atoms with E-state index in [1.807, 2.05) is 45.4 Å². The molecule has 2 aromatic rings. The Kier molecular flexibility index (Phi) is 8.41. The number of carbonyl (C=O) groups excluding carboxylic acids is 2. The van der Waals surface area contributed by atoms with E-state index >= 15 is 4.39 Å². The molecule has 8 nitrogen and oxygen atoms in total. The quantitative estimate of drug-likeness (QED) is 0.350. The number of aryl methyl sites for hydroxylation is 1. The first-order chi connectivity index (χ1) is 17.4. The average molecular weight is 530 g/mol. The van der Waals surface area contributed by atoms with Crippen molar-refractivity contribution in [2.45, 2.75) is 106 Å². The first kappa shape index (κ1) is 29.7. The summed E-state index contributed by atoms with van der Waals surface area (Å²) in [5, 5.41) is 11.2. The molecular weight excluding hydrogens is 485 g/mol. The van der Waals surface area contributed by atoms with Crippen molar-refractivity contribution in [3.8, 4) is 0 Å². The molecule has 1 fully saturated rings. The number of Topliss-reactive ketones (excluding diaryl/α,β-unsaturated/α-hetero) is 1. The van der Waals surface area contributed by atoms with Gasteiger partial charge >= 0.3 is 5.97 Å². The summed E-state index contributed by atoms with van der Waals surface area (Å²) in [6, 6.07) is 3.37. The summed E-state index contributed by atoms with van der Waals surface area (Å²) < 4.78 is 23.7.